The third-order valence-electron chi connectivity index (χ3n) is 6.41. The quantitative estimate of drug-likeness (QED) is 0.275. The zero-order valence-corrected chi connectivity index (χ0v) is 22.5. The summed E-state index contributed by atoms with van der Waals surface area (Å²) in [6.45, 7) is 3.47. The highest BCUT2D eigenvalue weighted by Gasteiger charge is 2.35. The lowest BCUT2D eigenvalue weighted by molar-refractivity contribution is -0.137. The number of hydrogen-bond acceptors (Lipinski definition) is 8. The average molecular weight is 551 g/mol. The van der Waals surface area contributed by atoms with E-state index >= 15 is 0 Å². The van der Waals surface area contributed by atoms with Crippen LogP contribution in [0, 0.1) is 0 Å². The molecule has 0 spiro atoms. The zero-order chi connectivity index (χ0) is 28.8. The van der Waals surface area contributed by atoms with E-state index in [2.05, 4.69) is 21.3 Å². The molecule has 2 heterocycles. The van der Waals surface area contributed by atoms with Crippen LogP contribution >= 0.6 is 0 Å². The van der Waals surface area contributed by atoms with Gasteiger partial charge in [-0.15, -0.1) is 0 Å². The number of para-hydroxylation sites is 2. The van der Waals surface area contributed by atoms with Gasteiger partial charge in [-0.1, -0.05) is 36.4 Å². The molecule has 0 aromatic heterocycles. The van der Waals surface area contributed by atoms with E-state index in [4.69, 9.17) is 18.9 Å². The first-order valence-electron chi connectivity index (χ1n) is 12.4. The first kappa shape index (κ1) is 28.0. The standard InChI is InChI=1S/C28H30N4O8/c1-15-21(25(33)37-3)23(31-27(35)29-15)17-9-5-7-11-19(17)39-13-14-40-20-12-8-6-10-18(20)24-22(26(34)38-4)16(2)30-28(36)32-24/h5-12,23-24H,13-14H2,1-4H3,(H2,29,31,35)(H2,30,32,36). The summed E-state index contributed by atoms with van der Waals surface area (Å²) in [6.07, 6.45) is 0. The maximum atomic E-state index is 12.5. The van der Waals surface area contributed by atoms with Crippen LogP contribution in [0.15, 0.2) is 71.1 Å². The summed E-state index contributed by atoms with van der Waals surface area (Å²) in [7, 11) is 2.54. The summed E-state index contributed by atoms with van der Waals surface area (Å²) in [5.74, 6) is -0.272. The molecule has 0 saturated heterocycles. The van der Waals surface area contributed by atoms with Crippen LogP contribution < -0.4 is 30.7 Å². The lowest BCUT2D eigenvalue weighted by atomic mass is 9.95. The number of urea groups is 2. The molecule has 0 fully saturated rings. The van der Waals surface area contributed by atoms with Crippen molar-refractivity contribution in [1.29, 1.82) is 0 Å². The number of amides is 4. The third-order valence-corrected chi connectivity index (χ3v) is 6.41. The van der Waals surface area contributed by atoms with Crippen molar-refractivity contribution in [3.05, 3.63) is 82.2 Å². The van der Waals surface area contributed by atoms with Gasteiger partial charge in [0.2, 0.25) is 0 Å². The summed E-state index contributed by atoms with van der Waals surface area (Å²) in [4.78, 5) is 49.4. The molecule has 2 aromatic rings. The molecule has 2 atom stereocenters. The molecule has 4 N–H and O–H groups in total. The summed E-state index contributed by atoms with van der Waals surface area (Å²) in [5, 5.41) is 10.7. The molecule has 12 nitrogen and oxygen atoms in total. The Bertz CT molecular complexity index is 1290. The number of hydrogen-bond donors (Lipinski definition) is 4. The Hall–Kier alpha value is -5.00. The Labute approximate surface area is 230 Å². The highest BCUT2D eigenvalue weighted by atomic mass is 16.5. The molecule has 2 aliphatic rings. The average Bonchev–Trinajstić information content (AvgIpc) is 2.94. The minimum Gasteiger partial charge on any atom is -0.490 e. The van der Waals surface area contributed by atoms with Gasteiger partial charge in [0.25, 0.3) is 0 Å². The van der Waals surface area contributed by atoms with Crippen LogP contribution in [0.1, 0.15) is 37.1 Å². The number of allylic oxidation sites excluding steroid dienone is 2. The number of benzene rings is 2. The van der Waals surface area contributed by atoms with Gasteiger partial charge in [0, 0.05) is 22.5 Å². The fourth-order valence-electron chi connectivity index (χ4n) is 4.62. The maximum Gasteiger partial charge on any atom is 0.337 e. The second-order valence-electron chi connectivity index (χ2n) is 8.90. The van der Waals surface area contributed by atoms with Crippen LogP contribution in [-0.4, -0.2) is 51.4 Å². The summed E-state index contributed by atoms with van der Waals surface area (Å²) >= 11 is 0. The Balaban J connectivity index is 1.51. The fourth-order valence-corrected chi connectivity index (χ4v) is 4.62. The topological polar surface area (TPSA) is 153 Å². The van der Waals surface area contributed by atoms with E-state index in [1.807, 2.05) is 0 Å². The van der Waals surface area contributed by atoms with E-state index in [-0.39, 0.29) is 24.4 Å². The molecular weight excluding hydrogens is 520 g/mol. The van der Waals surface area contributed by atoms with Crippen LogP contribution in [0.2, 0.25) is 0 Å². The lowest BCUT2D eigenvalue weighted by Crippen LogP contribution is -2.45. The van der Waals surface area contributed by atoms with E-state index < -0.39 is 36.1 Å². The summed E-state index contributed by atoms with van der Waals surface area (Å²) in [5.41, 5.74) is 2.43. The second-order valence-corrected chi connectivity index (χ2v) is 8.90. The van der Waals surface area contributed by atoms with Crippen molar-refractivity contribution < 1.29 is 38.1 Å². The fraction of sp³-hybridized carbons (Fsp3) is 0.286. The van der Waals surface area contributed by atoms with Gasteiger partial charge < -0.3 is 40.2 Å². The smallest absolute Gasteiger partial charge is 0.337 e. The van der Waals surface area contributed by atoms with Gasteiger partial charge in [-0.3, -0.25) is 0 Å². The Morgan fingerprint density at radius 1 is 0.675 bits per heavy atom. The van der Waals surface area contributed by atoms with Gasteiger partial charge in [0.15, 0.2) is 0 Å². The van der Waals surface area contributed by atoms with Gasteiger partial charge in [-0.05, 0) is 26.0 Å². The third kappa shape index (κ3) is 5.85. The van der Waals surface area contributed by atoms with Crippen molar-refractivity contribution in [2.75, 3.05) is 27.4 Å². The van der Waals surface area contributed by atoms with Gasteiger partial charge in [-0.25, -0.2) is 19.2 Å². The first-order chi connectivity index (χ1) is 19.2. The maximum absolute atomic E-state index is 12.5. The summed E-state index contributed by atoms with van der Waals surface area (Å²) in [6, 6.07) is 11.6. The molecule has 4 rings (SSSR count). The number of carbonyl (C=O) groups is 4. The van der Waals surface area contributed by atoms with Crippen LogP contribution in [0.25, 0.3) is 0 Å². The van der Waals surface area contributed by atoms with E-state index in [1.54, 1.807) is 62.4 Å². The van der Waals surface area contributed by atoms with Gasteiger partial charge in [-0.2, -0.15) is 0 Å². The molecule has 0 radical (unpaired) electrons. The second kappa shape index (κ2) is 12.2. The van der Waals surface area contributed by atoms with Gasteiger partial charge in [0.05, 0.1) is 37.4 Å². The minimum absolute atomic E-state index is 0.109. The van der Waals surface area contributed by atoms with E-state index in [0.29, 0.717) is 34.0 Å². The van der Waals surface area contributed by atoms with Crippen molar-refractivity contribution in [3.63, 3.8) is 0 Å². The molecule has 0 aliphatic carbocycles. The lowest BCUT2D eigenvalue weighted by Gasteiger charge is -2.29. The Morgan fingerprint density at radius 2 is 1.05 bits per heavy atom. The highest BCUT2D eigenvalue weighted by Crippen LogP contribution is 2.35. The molecule has 210 valence electrons. The van der Waals surface area contributed by atoms with E-state index in [9.17, 15) is 19.2 Å². The van der Waals surface area contributed by atoms with Crippen LogP contribution in [0.4, 0.5) is 9.59 Å². The molecule has 2 aliphatic heterocycles. The van der Waals surface area contributed by atoms with Gasteiger partial charge >= 0.3 is 24.0 Å². The largest absolute Gasteiger partial charge is 0.490 e. The number of carbonyl (C=O) groups excluding carboxylic acids is 4. The zero-order valence-electron chi connectivity index (χ0n) is 22.5. The van der Waals surface area contributed by atoms with Crippen molar-refractivity contribution in [3.8, 4) is 11.5 Å². The molecule has 2 aromatic carbocycles. The van der Waals surface area contributed by atoms with Crippen LogP contribution in [-0.2, 0) is 19.1 Å². The Kier molecular flexibility index (Phi) is 8.57. The predicted molar refractivity (Wildman–Crippen MR) is 142 cm³/mol. The molecule has 12 heteroatoms. The van der Waals surface area contributed by atoms with E-state index in [1.165, 1.54) is 14.2 Å². The number of esters is 2. The van der Waals surface area contributed by atoms with Crippen molar-refractivity contribution in [2.24, 2.45) is 0 Å². The number of rotatable bonds is 9. The van der Waals surface area contributed by atoms with Gasteiger partial charge in [0.1, 0.15) is 24.7 Å². The predicted octanol–water partition coefficient (Wildman–Crippen LogP) is 2.75. The van der Waals surface area contributed by atoms with Crippen molar-refractivity contribution >= 4 is 24.0 Å². The molecular formula is C28H30N4O8. The highest BCUT2D eigenvalue weighted by molar-refractivity contribution is 5.96. The molecule has 0 saturated carbocycles. The minimum atomic E-state index is -0.783. The van der Waals surface area contributed by atoms with Crippen LogP contribution in [0.5, 0.6) is 11.5 Å². The number of nitrogens with one attached hydrogen (secondary N) is 4. The van der Waals surface area contributed by atoms with Crippen molar-refractivity contribution in [2.45, 2.75) is 25.9 Å². The Morgan fingerprint density at radius 3 is 1.43 bits per heavy atom. The molecule has 4 amide bonds. The van der Waals surface area contributed by atoms with Crippen molar-refractivity contribution in [1.82, 2.24) is 21.3 Å². The number of methoxy groups -OCH3 is 2. The molecule has 2 unspecified atom stereocenters. The summed E-state index contributed by atoms with van der Waals surface area (Å²) < 4.78 is 21.9. The monoisotopic (exact) mass is 550 g/mol. The first-order valence-corrected chi connectivity index (χ1v) is 12.4. The molecule has 0 bridgehead atoms. The molecule has 40 heavy (non-hydrogen) atoms. The van der Waals surface area contributed by atoms with Crippen LogP contribution in [0.3, 0.4) is 0 Å². The van der Waals surface area contributed by atoms with E-state index in [0.717, 1.165) is 0 Å². The SMILES string of the molecule is COC(=O)C1=C(C)NC(=O)NC1c1ccccc1OCCOc1ccccc1C1NC(=O)NC(C)=C1C(=O)OC. The normalized spacial score (nSPS) is 18.6. The number of ether oxygens (including phenoxy) is 4.